The normalized spacial score (nSPS) is 14.4. The van der Waals surface area contributed by atoms with Crippen molar-refractivity contribution in [3.63, 3.8) is 0 Å². The van der Waals surface area contributed by atoms with Gasteiger partial charge in [0.1, 0.15) is 7.05 Å². The maximum Gasteiger partial charge on any atom is 0.151 e. The van der Waals surface area contributed by atoms with E-state index in [1.54, 1.807) is 7.05 Å². The van der Waals surface area contributed by atoms with Crippen LogP contribution in [0.3, 0.4) is 0 Å². The van der Waals surface area contributed by atoms with Gasteiger partial charge in [-0.05, 0) is 0 Å². The van der Waals surface area contributed by atoms with Gasteiger partial charge >= 0.3 is 0 Å². The molecule has 6 nitrogen and oxygen atoms in total. The Labute approximate surface area is 45.2 Å². The molecule has 0 saturated heterocycles. The topological polar surface area (TPSA) is 59.7 Å². The van der Waals surface area contributed by atoms with Gasteiger partial charge in [0.2, 0.25) is 0 Å². The fourth-order valence-electron chi connectivity index (χ4n) is 0.269. The molecule has 1 rings (SSSR count). The molecule has 1 N–H and O–H groups in total. The van der Waals surface area contributed by atoms with Crippen molar-refractivity contribution in [2.75, 3.05) is 7.05 Å². The van der Waals surface area contributed by atoms with Crippen molar-refractivity contribution < 1.29 is 14.8 Å². The van der Waals surface area contributed by atoms with Crippen LogP contribution in [0.15, 0.2) is 4.63 Å². The molecule has 6 heteroatoms. The number of hydrogen-bond acceptors (Lipinski definition) is 3. The number of hydrogen-bond donors (Lipinski definition) is 1. The van der Waals surface area contributed by atoms with E-state index in [0.717, 1.165) is 5.02 Å². The van der Waals surface area contributed by atoms with E-state index in [2.05, 4.69) is 9.57 Å². The monoisotopic (exact) mass is 121 g/mol. The Morgan fingerprint density at radius 3 is 2.38 bits per heavy atom. The predicted octanol–water partition coefficient (Wildman–Crippen LogP) is -2.22. The second-order valence-corrected chi connectivity index (χ2v) is 1.37. The maximum atomic E-state index is 10.1. The minimum Gasteiger partial charge on any atom is -0.589 e. The van der Waals surface area contributed by atoms with Gasteiger partial charge in [0.05, 0.1) is 7.05 Å². The van der Waals surface area contributed by atoms with Gasteiger partial charge in [-0.2, -0.15) is 10.2 Å². The van der Waals surface area contributed by atoms with Crippen LogP contribution in [0.1, 0.15) is 0 Å². The lowest BCUT2D eigenvalue weighted by molar-refractivity contribution is -1.03. The van der Waals surface area contributed by atoms with Crippen LogP contribution in [0, 0.1) is 5.21 Å². The van der Waals surface area contributed by atoms with Crippen LogP contribution in [0.4, 0.5) is 0 Å². The Morgan fingerprint density at radius 2 is 2.25 bits per heavy atom. The van der Waals surface area contributed by atoms with Crippen molar-refractivity contribution in [2.24, 2.45) is 7.05 Å². The molecular weight excluding hydrogens is 114 g/mol. The Bertz CT molecular complexity index is 149. The first-order valence-corrected chi connectivity index (χ1v) is 2.10. The Morgan fingerprint density at radius 1 is 1.75 bits per heavy atom. The van der Waals surface area contributed by atoms with E-state index >= 15 is 0 Å². The van der Waals surface area contributed by atoms with Crippen LogP contribution < -0.4 is 10.2 Å². The average molecular weight is 121 g/mol. The van der Waals surface area contributed by atoms with E-state index in [4.69, 9.17) is 0 Å². The Balaban J connectivity index is 2.25. The van der Waals surface area contributed by atoms with E-state index in [0.29, 0.717) is 0 Å². The fourth-order valence-corrected chi connectivity index (χ4v) is 0.269. The fraction of sp³-hybridized carbons (Fsp3) is 1.00. The zero-order valence-electron chi connectivity index (χ0n) is 4.62. The Hall–Kier alpha value is -0.880. The minimum absolute atomic E-state index is 0.394. The zero-order chi connectivity index (χ0) is 6.15. The van der Waals surface area contributed by atoms with Gasteiger partial charge in [-0.1, -0.05) is 4.85 Å². The summed E-state index contributed by atoms with van der Waals surface area (Å²) in [5.41, 5.74) is 0. The molecule has 0 radical (unpaired) electrons. The molecule has 0 aliphatic heterocycles. The quantitative estimate of drug-likeness (QED) is 0.451. The van der Waals surface area contributed by atoms with Gasteiger partial charge < -0.3 is 5.21 Å². The third-order valence-corrected chi connectivity index (χ3v) is 0.600. The van der Waals surface area contributed by atoms with Crippen molar-refractivity contribution in [3.05, 3.63) is 5.21 Å². The number of quaternary nitrogens is 1. The third kappa shape index (κ3) is 1.04. The number of aromatic nitrogens is 2. The zero-order valence-corrected chi connectivity index (χ0v) is 4.62. The number of rotatable bonds is 2. The molecule has 0 spiro atoms. The van der Waals surface area contributed by atoms with Crippen molar-refractivity contribution in [3.8, 4) is 0 Å². The van der Waals surface area contributed by atoms with Crippen molar-refractivity contribution >= 4 is 0 Å². The van der Waals surface area contributed by atoms with Gasteiger partial charge in [-0.15, -0.1) is 0 Å². The van der Waals surface area contributed by atoms with Crippen molar-refractivity contribution in [1.29, 1.82) is 0 Å². The molecule has 0 amide bonds. The second kappa shape index (κ2) is 1.57. The minimum atomic E-state index is -0.394. The lowest BCUT2D eigenvalue weighted by Crippen LogP contribution is -3.07. The van der Waals surface area contributed by atoms with Gasteiger partial charge in [0, 0.05) is 0 Å². The highest BCUT2D eigenvalue weighted by Crippen LogP contribution is 1.82. The molecule has 48 valence electrons. The molecule has 1 heterocycles. The highest BCUT2D eigenvalue weighted by molar-refractivity contribution is 4.02. The highest BCUT2D eigenvalue weighted by atomic mass is 17.1. The summed E-state index contributed by atoms with van der Waals surface area (Å²) < 4.78 is 4.45. The lowest BCUT2D eigenvalue weighted by atomic mass is 11.5. The number of aryl methyl sites for hydroxylation is 1. The average Bonchev–Trinajstić information content (AvgIpc) is 2.17. The number of nitrogens with zero attached hydrogens (tertiary/aromatic N) is 2. The third-order valence-electron chi connectivity index (χ3n) is 0.600. The van der Waals surface area contributed by atoms with Crippen LogP contribution in [0.5, 0.6) is 0 Å². The highest BCUT2D eigenvalue weighted by Gasteiger charge is 2.06. The standard InChI is InChI=1S/C2H7N3O3/c1-3-5(7-3)8-4(2)6/h4H,1-2H3. The summed E-state index contributed by atoms with van der Waals surface area (Å²) >= 11 is 0. The lowest BCUT2D eigenvalue weighted by Gasteiger charge is -2.06. The molecule has 0 aliphatic rings. The summed E-state index contributed by atoms with van der Waals surface area (Å²) in [6.07, 6.45) is 0. The molecule has 0 aliphatic carbocycles. The first kappa shape index (κ1) is 5.26. The second-order valence-electron chi connectivity index (χ2n) is 1.37. The van der Waals surface area contributed by atoms with Crippen molar-refractivity contribution in [2.45, 2.75) is 0 Å². The largest absolute Gasteiger partial charge is 0.589 e. The molecule has 0 bridgehead atoms. The molecule has 0 aromatic carbocycles. The molecule has 0 saturated carbocycles. The molecule has 1 aromatic rings. The molecule has 0 fully saturated rings. The van der Waals surface area contributed by atoms with E-state index in [-0.39, 0.29) is 0 Å². The SMILES string of the molecule is Cn1on1O[NH+](C)[O-]. The van der Waals surface area contributed by atoms with E-state index in [1.165, 1.54) is 11.9 Å². The van der Waals surface area contributed by atoms with Crippen LogP contribution in [-0.4, -0.2) is 16.9 Å². The summed E-state index contributed by atoms with van der Waals surface area (Å²) in [7, 11) is 2.92. The summed E-state index contributed by atoms with van der Waals surface area (Å²) in [6.45, 7) is 0. The number of hydroxylamine groups is 2. The summed E-state index contributed by atoms with van der Waals surface area (Å²) in [5, 5.41) is 10.6. The first-order valence-electron chi connectivity index (χ1n) is 2.10. The van der Waals surface area contributed by atoms with Gasteiger partial charge in [-0.3, -0.25) is 0 Å². The maximum absolute atomic E-state index is 10.1. The van der Waals surface area contributed by atoms with Crippen LogP contribution in [0.25, 0.3) is 0 Å². The predicted molar refractivity (Wildman–Crippen MR) is 22.5 cm³/mol. The molecule has 1 aromatic heterocycles. The van der Waals surface area contributed by atoms with Gasteiger partial charge in [-0.25, -0.2) is 4.63 Å². The molecule has 1 unspecified atom stereocenters. The summed E-state index contributed by atoms with van der Waals surface area (Å²) in [5.74, 6) is 0. The van der Waals surface area contributed by atoms with Crippen molar-refractivity contribution in [1.82, 2.24) is 9.87 Å². The summed E-state index contributed by atoms with van der Waals surface area (Å²) in [6, 6.07) is 0. The van der Waals surface area contributed by atoms with Crippen LogP contribution in [0.2, 0.25) is 0 Å². The van der Waals surface area contributed by atoms with E-state index in [9.17, 15) is 5.21 Å². The molecule has 1 atom stereocenters. The Kier molecular flexibility index (Phi) is 1.03. The smallest absolute Gasteiger partial charge is 0.151 e. The van der Waals surface area contributed by atoms with Crippen LogP contribution in [-0.2, 0) is 7.05 Å². The van der Waals surface area contributed by atoms with Crippen LogP contribution >= 0.6 is 0 Å². The van der Waals surface area contributed by atoms with E-state index < -0.39 is 5.23 Å². The van der Waals surface area contributed by atoms with Gasteiger partial charge in [0.15, 0.2) is 5.02 Å². The van der Waals surface area contributed by atoms with Gasteiger partial charge in [0.25, 0.3) is 0 Å². The van der Waals surface area contributed by atoms with E-state index in [1.807, 2.05) is 0 Å². The molecule has 8 heavy (non-hydrogen) atoms. The first-order chi connectivity index (χ1) is 3.70. The summed E-state index contributed by atoms with van der Waals surface area (Å²) in [4.78, 5) is 5.65. The molecular formula is C2H7N3O3. The number of nitrogens with one attached hydrogen (secondary N) is 1.